The molecule has 7 heteroatoms. The average molecular weight is 445 g/mol. The highest BCUT2D eigenvalue weighted by molar-refractivity contribution is 5.89. The van der Waals surface area contributed by atoms with Gasteiger partial charge in [-0.3, -0.25) is 4.79 Å². The molecule has 1 aromatic carbocycles. The van der Waals surface area contributed by atoms with Gasteiger partial charge in [0.15, 0.2) is 5.43 Å². The van der Waals surface area contributed by atoms with Crippen LogP contribution in [0.5, 0.6) is 11.5 Å². The van der Waals surface area contributed by atoms with Crippen LogP contribution in [-0.4, -0.2) is 39.7 Å². The van der Waals surface area contributed by atoms with E-state index < -0.39 is 18.3 Å². The van der Waals surface area contributed by atoms with Crippen LogP contribution in [0.1, 0.15) is 81.1 Å². The molecule has 0 unspecified atom stereocenters. The van der Waals surface area contributed by atoms with Crippen LogP contribution in [0, 0.1) is 0 Å². The number of hydrogen-bond donors (Lipinski definition) is 3. The molecule has 0 saturated heterocycles. The Labute approximate surface area is 187 Å². The van der Waals surface area contributed by atoms with Gasteiger partial charge in [-0.25, -0.2) is 0 Å². The van der Waals surface area contributed by atoms with Gasteiger partial charge in [-0.05, 0) is 64.7 Å². The Kier molecular flexibility index (Phi) is 5.68. The van der Waals surface area contributed by atoms with E-state index in [2.05, 4.69) is 0 Å². The van der Waals surface area contributed by atoms with Crippen LogP contribution in [-0.2, 0) is 13.0 Å². The van der Waals surface area contributed by atoms with Crippen molar-refractivity contribution in [3.63, 3.8) is 0 Å². The summed E-state index contributed by atoms with van der Waals surface area (Å²) in [6.45, 7) is 1.36. The zero-order valence-corrected chi connectivity index (χ0v) is 18.6. The molecule has 2 fully saturated rings. The SMILES string of the molecule is C[C@@]1(O)CCC[C@@H]2c3c(cc4oc(CO)c(CCCO)c(=O)c4c3OC3CCCC3)O[C@@H]21. The van der Waals surface area contributed by atoms with Gasteiger partial charge in [-0.1, -0.05) is 0 Å². The van der Waals surface area contributed by atoms with Crippen LogP contribution >= 0.6 is 0 Å². The summed E-state index contributed by atoms with van der Waals surface area (Å²) in [6, 6.07) is 1.72. The number of ether oxygens (including phenoxy) is 2. The third-order valence-corrected chi connectivity index (χ3v) is 7.43. The Morgan fingerprint density at radius 3 is 2.69 bits per heavy atom. The zero-order chi connectivity index (χ0) is 22.5. The number of aliphatic hydroxyl groups excluding tert-OH is 2. The van der Waals surface area contributed by atoms with Gasteiger partial charge in [0.05, 0.1) is 11.7 Å². The second-order valence-corrected chi connectivity index (χ2v) is 9.73. The topological polar surface area (TPSA) is 109 Å². The molecule has 3 aliphatic rings. The van der Waals surface area contributed by atoms with Gasteiger partial charge < -0.3 is 29.2 Å². The molecule has 174 valence electrons. The smallest absolute Gasteiger partial charge is 0.200 e. The molecular weight excluding hydrogens is 412 g/mol. The maximum absolute atomic E-state index is 13.7. The van der Waals surface area contributed by atoms with Gasteiger partial charge in [0.2, 0.25) is 0 Å². The van der Waals surface area contributed by atoms with E-state index in [9.17, 15) is 20.1 Å². The normalized spacial score (nSPS) is 27.4. The summed E-state index contributed by atoms with van der Waals surface area (Å²) >= 11 is 0. The van der Waals surface area contributed by atoms with Gasteiger partial charge in [0.1, 0.15) is 40.9 Å². The fourth-order valence-electron chi connectivity index (χ4n) is 5.82. The maximum atomic E-state index is 13.7. The lowest BCUT2D eigenvalue weighted by Gasteiger charge is -2.37. The fraction of sp³-hybridized carbons (Fsp3) is 0.640. The van der Waals surface area contributed by atoms with E-state index in [4.69, 9.17) is 13.9 Å². The first-order valence-corrected chi connectivity index (χ1v) is 11.9. The molecule has 0 radical (unpaired) electrons. The molecule has 2 aromatic rings. The summed E-state index contributed by atoms with van der Waals surface area (Å²) in [7, 11) is 0. The molecule has 7 nitrogen and oxygen atoms in total. The van der Waals surface area contributed by atoms with Crippen molar-refractivity contribution in [1.29, 1.82) is 0 Å². The van der Waals surface area contributed by atoms with E-state index in [1.807, 2.05) is 6.92 Å². The summed E-state index contributed by atoms with van der Waals surface area (Å²) in [5, 5.41) is 30.5. The Hall–Kier alpha value is -2.09. The van der Waals surface area contributed by atoms with E-state index in [0.29, 0.717) is 47.3 Å². The Morgan fingerprint density at radius 1 is 1.19 bits per heavy atom. The van der Waals surface area contributed by atoms with Crippen molar-refractivity contribution in [2.75, 3.05) is 6.61 Å². The van der Waals surface area contributed by atoms with Gasteiger partial charge in [0, 0.05) is 29.7 Å². The van der Waals surface area contributed by atoms with Crippen molar-refractivity contribution in [2.24, 2.45) is 0 Å². The van der Waals surface area contributed by atoms with Crippen LogP contribution in [0.4, 0.5) is 0 Å². The molecule has 3 atom stereocenters. The van der Waals surface area contributed by atoms with Crippen molar-refractivity contribution in [3.8, 4) is 11.5 Å². The van der Waals surface area contributed by atoms with Crippen molar-refractivity contribution in [1.82, 2.24) is 0 Å². The van der Waals surface area contributed by atoms with Gasteiger partial charge in [-0.15, -0.1) is 0 Å². The molecule has 0 spiro atoms. The third-order valence-electron chi connectivity index (χ3n) is 7.43. The van der Waals surface area contributed by atoms with Crippen molar-refractivity contribution >= 4 is 11.0 Å². The number of rotatable bonds is 6. The standard InChI is InChI=1S/C25H32O7/c1-25(29)10-4-8-16-20-17(32-24(16)25)12-18-21(23(20)30-14-6-2-3-7-14)22(28)15(9-5-11-26)19(13-27)31-18/h12,14,16,24,26-27,29H,2-11,13H2,1H3/t16-,24+,25-/m1/s1. The van der Waals surface area contributed by atoms with Crippen molar-refractivity contribution < 1.29 is 29.2 Å². The maximum Gasteiger partial charge on any atom is 0.200 e. The summed E-state index contributed by atoms with van der Waals surface area (Å²) in [4.78, 5) is 13.7. The third kappa shape index (κ3) is 3.51. The average Bonchev–Trinajstić information content (AvgIpc) is 3.40. The molecule has 3 N–H and O–H groups in total. The number of fused-ring (bicyclic) bond motifs is 4. The van der Waals surface area contributed by atoms with Crippen LogP contribution in [0.2, 0.25) is 0 Å². The Bertz CT molecular complexity index is 1060. The minimum atomic E-state index is -0.960. The number of hydrogen-bond acceptors (Lipinski definition) is 7. The van der Waals surface area contributed by atoms with E-state index in [0.717, 1.165) is 44.1 Å². The number of aliphatic hydroxyl groups is 3. The molecule has 2 saturated carbocycles. The fourth-order valence-corrected chi connectivity index (χ4v) is 5.82. The summed E-state index contributed by atoms with van der Waals surface area (Å²) in [5.41, 5.74) is 0.406. The van der Waals surface area contributed by atoms with E-state index in [-0.39, 0.29) is 29.8 Å². The zero-order valence-electron chi connectivity index (χ0n) is 18.6. The Morgan fingerprint density at radius 2 is 1.97 bits per heavy atom. The lowest BCUT2D eigenvalue weighted by atomic mass is 9.74. The summed E-state index contributed by atoms with van der Waals surface area (Å²) in [5.74, 6) is 1.29. The quantitative estimate of drug-likeness (QED) is 0.627. The van der Waals surface area contributed by atoms with Crippen LogP contribution in [0.25, 0.3) is 11.0 Å². The highest BCUT2D eigenvalue weighted by atomic mass is 16.5. The van der Waals surface area contributed by atoms with Gasteiger partial charge in [0.25, 0.3) is 0 Å². The molecule has 1 aliphatic heterocycles. The van der Waals surface area contributed by atoms with Crippen LogP contribution < -0.4 is 14.9 Å². The largest absolute Gasteiger partial charge is 0.489 e. The molecule has 0 bridgehead atoms. The molecule has 0 amide bonds. The second kappa shape index (κ2) is 8.36. The molecule has 2 heterocycles. The minimum Gasteiger partial charge on any atom is -0.489 e. The van der Waals surface area contributed by atoms with Gasteiger partial charge >= 0.3 is 0 Å². The number of benzene rings is 1. The summed E-state index contributed by atoms with van der Waals surface area (Å²) in [6.07, 6.45) is 6.84. The lowest BCUT2D eigenvalue weighted by Crippen LogP contribution is -2.47. The highest BCUT2D eigenvalue weighted by Crippen LogP contribution is 2.54. The molecular formula is C25H32O7. The van der Waals surface area contributed by atoms with E-state index >= 15 is 0 Å². The van der Waals surface area contributed by atoms with E-state index in [1.165, 1.54) is 0 Å². The van der Waals surface area contributed by atoms with E-state index in [1.54, 1.807) is 6.07 Å². The van der Waals surface area contributed by atoms with Crippen molar-refractivity contribution in [3.05, 3.63) is 33.2 Å². The first kappa shape index (κ1) is 21.7. The Balaban J connectivity index is 1.74. The lowest BCUT2D eigenvalue weighted by molar-refractivity contribution is -0.0725. The minimum absolute atomic E-state index is 0.0330. The molecule has 32 heavy (non-hydrogen) atoms. The predicted octanol–water partition coefficient (Wildman–Crippen LogP) is 3.31. The van der Waals surface area contributed by atoms with Crippen LogP contribution in [0.15, 0.2) is 15.3 Å². The molecule has 1 aromatic heterocycles. The second-order valence-electron chi connectivity index (χ2n) is 9.73. The first-order valence-electron chi connectivity index (χ1n) is 11.9. The first-order chi connectivity index (χ1) is 15.4. The van der Waals surface area contributed by atoms with Gasteiger partial charge in [-0.2, -0.15) is 0 Å². The molecule has 2 aliphatic carbocycles. The molecule has 5 rings (SSSR count). The monoisotopic (exact) mass is 444 g/mol. The van der Waals surface area contributed by atoms with Crippen LogP contribution in [0.3, 0.4) is 0 Å². The highest BCUT2D eigenvalue weighted by Gasteiger charge is 2.50. The predicted molar refractivity (Wildman–Crippen MR) is 118 cm³/mol. The summed E-state index contributed by atoms with van der Waals surface area (Å²) < 4.78 is 18.8. The van der Waals surface area contributed by atoms with Crippen molar-refractivity contribution in [2.45, 2.75) is 95.0 Å².